The Balaban J connectivity index is 2.98. The van der Waals surface area contributed by atoms with Crippen molar-refractivity contribution >= 4 is 14.0 Å². The second-order valence-electron chi connectivity index (χ2n) is 5.33. The second kappa shape index (κ2) is 7.52. The summed E-state index contributed by atoms with van der Waals surface area (Å²) in [6.45, 7) is 6.68. The third kappa shape index (κ3) is 5.72. The lowest BCUT2D eigenvalue weighted by Crippen LogP contribution is -2.22. The van der Waals surface area contributed by atoms with E-state index >= 15 is 0 Å². The van der Waals surface area contributed by atoms with Crippen molar-refractivity contribution in [2.24, 2.45) is 0 Å². The van der Waals surface area contributed by atoms with Crippen LogP contribution in [0.25, 0.3) is 0 Å². The highest BCUT2D eigenvalue weighted by Gasteiger charge is 2.17. The Morgan fingerprint density at radius 1 is 1.20 bits per heavy atom. The number of carbonyl (C=O) groups is 1. The van der Waals surface area contributed by atoms with Crippen molar-refractivity contribution in [2.75, 3.05) is 7.11 Å². The van der Waals surface area contributed by atoms with Gasteiger partial charge in [0.2, 0.25) is 0 Å². The zero-order valence-electron chi connectivity index (χ0n) is 12.4. The van der Waals surface area contributed by atoms with Gasteiger partial charge in [-0.15, -0.1) is 0 Å². The zero-order valence-corrected chi connectivity index (χ0v) is 13.4. The quantitative estimate of drug-likeness (QED) is 0.279. The largest absolute Gasteiger partial charge is 0.466 e. The van der Waals surface area contributed by atoms with Crippen molar-refractivity contribution in [3.63, 3.8) is 0 Å². The summed E-state index contributed by atoms with van der Waals surface area (Å²) in [5.41, 5.74) is 0.994. The molecule has 0 N–H and O–H groups in total. The average Bonchev–Trinajstić information content (AvgIpc) is 2.42. The number of benzene rings is 1. The topological polar surface area (TPSA) is 26.3 Å². The first-order valence-electron chi connectivity index (χ1n) is 6.47. The van der Waals surface area contributed by atoms with Gasteiger partial charge >= 0.3 is 5.97 Å². The molecule has 1 aromatic carbocycles. The van der Waals surface area contributed by atoms with Crippen molar-refractivity contribution in [3.8, 4) is 11.8 Å². The standard InChI is InChI=1S/C17H20O2Si/c1-19-17(18)12-8-11-16(20(2,3)4)14-13-15-9-6-5-7-10-15/h5-12H,1-4H3/b12-8-,16-11+. The van der Waals surface area contributed by atoms with Crippen molar-refractivity contribution in [2.45, 2.75) is 19.6 Å². The van der Waals surface area contributed by atoms with Crippen LogP contribution in [0.15, 0.2) is 53.8 Å². The first-order valence-corrected chi connectivity index (χ1v) is 9.97. The normalized spacial score (nSPS) is 11.9. The summed E-state index contributed by atoms with van der Waals surface area (Å²) in [7, 11) is -0.172. The molecule has 0 spiro atoms. The maximum atomic E-state index is 11.1. The maximum absolute atomic E-state index is 11.1. The molecule has 1 rings (SSSR count). The lowest BCUT2D eigenvalue weighted by Gasteiger charge is -2.15. The number of carbonyl (C=O) groups excluding carboxylic acids is 1. The fourth-order valence-corrected chi connectivity index (χ4v) is 2.46. The van der Waals surface area contributed by atoms with Crippen LogP contribution in [0.1, 0.15) is 5.56 Å². The van der Waals surface area contributed by atoms with E-state index in [2.05, 4.69) is 36.2 Å². The fourth-order valence-electron chi connectivity index (χ4n) is 1.43. The van der Waals surface area contributed by atoms with Gasteiger partial charge < -0.3 is 4.74 Å². The summed E-state index contributed by atoms with van der Waals surface area (Å²) in [5.74, 6) is 6.05. The minimum absolute atomic E-state index is 0.354. The monoisotopic (exact) mass is 284 g/mol. The minimum atomic E-state index is -1.54. The number of esters is 1. The predicted octanol–water partition coefficient (Wildman–Crippen LogP) is 3.57. The summed E-state index contributed by atoms with van der Waals surface area (Å²) in [6.07, 6.45) is 5.03. The highest BCUT2D eigenvalue weighted by Crippen LogP contribution is 2.14. The molecule has 104 valence electrons. The number of rotatable bonds is 3. The maximum Gasteiger partial charge on any atom is 0.330 e. The van der Waals surface area contributed by atoms with E-state index in [1.807, 2.05) is 36.4 Å². The van der Waals surface area contributed by atoms with Gasteiger partial charge in [0.05, 0.1) is 15.2 Å². The summed E-state index contributed by atoms with van der Waals surface area (Å²) < 4.78 is 4.57. The Hall–Kier alpha value is -2.05. The molecular weight excluding hydrogens is 264 g/mol. The average molecular weight is 284 g/mol. The molecule has 1 aromatic rings. The molecule has 0 fully saturated rings. The van der Waals surface area contributed by atoms with Crippen molar-refractivity contribution in [1.82, 2.24) is 0 Å². The number of hydrogen-bond acceptors (Lipinski definition) is 2. The number of methoxy groups -OCH3 is 1. The second-order valence-corrected chi connectivity index (χ2v) is 10.4. The third-order valence-electron chi connectivity index (χ3n) is 2.62. The predicted molar refractivity (Wildman–Crippen MR) is 85.9 cm³/mol. The molecule has 20 heavy (non-hydrogen) atoms. The van der Waals surface area contributed by atoms with Crippen LogP contribution in [0.2, 0.25) is 19.6 Å². The zero-order chi connectivity index (χ0) is 15.0. The van der Waals surface area contributed by atoms with Gasteiger partial charge in [-0.3, -0.25) is 0 Å². The molecule has 0 amide bonds. The molecule has 3 heteroatoms. The van der Waals surface area contributed by atoms with E-state index < -0.39 is 8.07 Å². The van der Waals surface area contributed by atoms with Gasteiger partial charge in [-0.05, 0) is 17.3 Å². The molecule has 0 bridgehead atoms. The van der Waals surface area contributed by atoms with Gasteiger partial charge in [-0.2, -0.15) is 0 Å². The molecule has 0 unspecified atom stereocenters. The number of ether oxygens (including phenoxy) is 1. The molecule has 0 radical (unpaired) electrons. The summed E-state index contributed by atoms with van der Waals surface area (Å²) in [5, 5.41) is 1.10. The highest BCUT2D eigenvalue weighted by molar-refractivity contribution is 6.84. The van der Waals surface area contributed by atoms with Crippen LogP contribution >= 0.6 is 0 Å². The molecule has 0 aliphatic carbocycles. The van der Waals surface area contributed by atoms with E-state index in [1.54, 1.807) is 6.08 Å². The summed E-state index contributed by atoms with van der Waals surface area (Å²) >= 11 is 0. The van der Waals surface area contributed by atoms with E-state index in [1.165, 1.54) is 13.2 Å². The fraction of sp³-hybridized carbons (Fsp3) is 0.235. The number of hydrogen-bond donors (Lipinski definition) is 0. The van der Waals surface area contributed by atoms with Crippen molar-refractivity contribution < 1.29 is 9.53 Å². The molecule has 0 atom stereocenters. The lowest BCUT2D eigenvalue weighted by atomic mass is 10.2. The van der Waals surface area contributed by atoms with E-state index in [0.29, 0.717) is 0 Å². The van der Waals surface area contributed by atoms with E-state index in [0.717, 1.165) is 10.8 Å². The lowest BCUT2D eigenvalue weighted by molar-refractivity contribution is -0.134. The molecule has 0 aliphatic heterocycles. The molecule has 0 saturated carbocycles. The third-order valence-corrected chi connectivity index (χ3v) is 4.53. The molecular formula is C17H20O2Si. The van der Waals surface area contributed by atoms with Crippen LogP contribution < -0.4 is 0 Å². The SMILES string of the molecule is COC(=O)/C=C\C=C(/C#Cc1ccccc1)[Si](C)(C)C. The Kier molecular flexibility index (Phi) is 6.01. The Morgan fingerprint density at radius 3 is 2.40 bits per heavy atom. The van der Waals surface area contributed by atoms with Crippen LogP contribution in [0, 0.1) is 11.8 Å². The van der Waals surface area contributed by atoms with Crippen LogP contribution in [0.4, 0.5) is 0 Å². The van der Waals surface area contributed by atoms with E-state index in [4.69, 9.17) is 0 Å². The first-order chi connectivity index (χ1) is 9.43. The van der Waals surface area contributed by atoms with Crippen molar-refractivity contribution in [1.29, 1.82) is 0 Å². The van der Waals surface area contributed by atoms with Crippen LogP contribution in [0.3, 0.4) is 0 Å². The van der Waals surface area contributed by atoms with Gasteiger partial charge in [0.1, 0.15) is 0 Å². The Labute approximate surface area is 122 Å². The van der Waals surface area contributed by atoms with Gasteiger partial charge in [0, 0.05) is 11.6 Å². The van der Waals surface area contributed by atoms with Gasteiger partial charge in [-0.25, -0.2) is 4.79 Å². The van der Waals surface area contributed by atoms with Crippen molar-refractivity contribution in [3.05, 3.63) is 59.3 Å². The summed E-state index contributed by atoms with van der Waals surface area (Å²) in [4.78, 5) is 11.1. The minimum Gasteiger partial charge on any atom is -0.466 e. The van der Waals surface area contributed by atoms with Crippen LogP contribution in [-0.4, -0.2) is 21.2 Å². The molecule has 0 aromatic heterocycles. The van der Waals surface area contributed by atoms with Gasteiger partial charge in [-0.1, -0.05) is 61.8 Å². The van der Waals surface area contributed by atoms with E-state index in [-0.39, 0.29) is 5.97 Å². The van der Waals surface area contributed by atoms with Gasteiger partial charge in [0.25, 0.3) is 0 Å². The van der Waals surface area contributed by atoms with E-state index in [9.17, 15) is 4.79 Å². The molecule has 0 heterocycles. The molecule has 0 aliphatic rings. The first kappa shape index (κ1) is 16.0. The smallest absolute Gasteiger partial charge is 0.330 e. The molecule has 0 saturated heterocycles. The molecule has 2 nitrogen and oxygen atoms in total. The number of allylic oxidation sites excluding steroid dienone is 3. The highest BCUT2D eigenvalue weighted by atomic mass is 28.3. The Morgan fingerprint density at radius 2 is 1.85 bits per heavy atom. The van der Waals surface area contributed by atoms with Gasteiger partial charge in [0.15, 0.2) is 0 Å². The summed E-state index contributed by atoms with van der Waals surface area (Å²) in [6, 6.07) is 9.88. The van der Waals surface area contributed by atoms with Crippen LogP contribution in [-0.2, 0) is 9.53 Å². The Bertz CT molecular complexity index is 566. The van der Waals surface area contributed by atoms with Crippen LogP contribution in [0.5, 0.6) is 0 Å².